The second-order valence-electron chi connectivity index (χ2n) is 3.00. The molecule has 1 aromatic rings. The molecule has 0 aromatic heterocycles. The van der Waals surface area contributed by atoms with Crippen LogP contribution in [0.25, 0.3) is 0 Å². The van der Waals surface area contributed by atoms with E-state index in [-0.39, 0.29) is 12.6 Å². The summed E-state index contributed by atoms with van der Waals surface area (Å²) >= 11 is 2.32. The molecule has 0 aliphatic rings. The highest BCUT2D eigenvalue weighted by Crippen LogP contribution is 2.22. The molecular formula is C10H14INO. The maximum absolute atomic E-state index is 9.13. The molecule has 1 aromatic carbocycles. The maximum atomic E-state index is 9.13. The highest BCUT2D eigenvalue weighted by atomic mass is 127. The number of halogens is 1. The minimum Gasteiger partial charge on any atom is -0.394 e. The number of nitrogens with one attached hydrogen (secondary N) is 1. The van der Waals surface area contributed by atoms with Crippen LogP contribution in [0.3, 0.4) is 0 Å². The van der Waals surface area contributed by atoms with Crippen LogP contribution >= 0.6 is 22.6 Å². The van der Waals surface area contributed by atoms with E-state index in [1.165, 1.54) is 14.7 Å². The van der Waals surface area contributed by atoms with E-state index in [1.54, 1.807) is 0 Å². The van der Waals surface area contributed by atoms with Gasteiger partial charge >= 0.3 is 0 Å². The fourth-order valence-corrected chi connectivity index (χ4v) is 2.02. The number of rotatable bonds is 3. The Kier molecular flexibility index (Phi) is 4.15. The summed E-state index contributed by atoms with van der Waals surface area (Å²) in [6, 6.07) is 6.20. The van der Waals surface area contributed by atoms with E-state index in [9.17, 15) is 0 Å². The van der Waals surface area contributed by atoms with Gasteiger partial charge in [-0.05, 0) is 47.7 Å². The molecule has 0 fully saturated rings. The predicted molar refractivity (Wildman–Crippen MR) is 62.8 cm³/mol. The van der Waals surface area contributed by atoms with E-state index in [0.29, 0.717) is 0 Å². The number of likely N-dealkylation sites (N-methyl/N-ethyl adjacent to an activating group) is 1. The first-order valence-electron chi connectivity index (χ1n) is 4.23. The van der Waals surface area contributed by atoms with E-state index >= 15 is 0 Å². The van der Waals surface area contributed by atoms with Gasteiger partial charge in [-0.25, -0.2) is 0 Å². The summed E-state index contributed by atoms with van der Waals surface area (Å²) in [6.45, 7) is 2.21. The Morgan fingerprint density at radius 1 is 1.54 bits per heavy atom. The zero-order chi connectivity index (χ0) is 9.84. The fraction of sp³-hybridized carbons (Fsp3) is 0.400. The van der Waals surface area contributed by atoms with Crippen molar-refractivity contribution in [2.75, 3.05) is 13.7 Å². The Hall–Kier alpha value is -0.130. The standard InChI is InChI=1S/C10H14INO/c1-7-4-3-5-8(10(7)11)9(6-13)12-2/h3-5,9,12-13H,6H2,1-2H3/t9-/m0/s1. The molecule has 0 heterocycles. The van der Waals surface area contributed by atoms with Gasteiger partial charge in [-0.3, -0.25) is 0 Å². The first kappa shape index (κ1) is 10.9. The molecule has 2 N–H and O–H groups in total. The lowest BCUT2D eigenvalue weighted by Gasteiger charge is -2.16. The third-order valence-electron chi connectivity index (χ3n) is 2.13. The molecule has 0 saturated heterocycles. The highest BCUT2D eigenvalue weighted by molar-refractivity contribution is 14.1. The van der Waals surface area contributed by atoms with Crippen molar-refractivity contribution in [2.24, 2.45) is 0 Å². The van der Waals surface area contributed by atoms with E-state index < -0.39 is 0 Å². The van der Waals surface area contributed by atoms with Crippen LogP contribution in [0.5, 0.6) is 0 Å². The summed E-state index contributed by atoms with van der Waals surface area (Å²) in [5.74, 6) is 0. The van der Waals surface area contributed by atoms with Gasteiger partial charge in [-0.15, -0.1) is 0 Å². The van der Waals surface area contributed by atoms with Crippen molar-refractivity contribution in [1.82, 2.24) is 5.32 Å². The Bertz CT molecular complexity index is 284. The topological polar surface area (TPSA) is 32.3 Å². The van der Waals surface area contributed by atoms with Crippen LogP contribution in [-0.2, 0) is 0 Å². The number of benzene rings is 1. The highest BCUT2D eigenvalue weighted by Gasteiger charge is 2.11. The lowest BCUT2D eigenvalue weighted by atomic mass is 10.1. The molecule has 0 aliphatic heterocycles. The molecule has 0 aliphatic carbocycles. The van der Waals surface area contributed by atoms with Gasteiger partial charge in [0, 0.05) is 3.57 Å². The molecular weight excluding hydrogens is 277 g/mol. The van der Waals surface area contributed by atoms with Crippen molar-refractivity contribution < 1.29 is 5.11 Å². The molecule has 13 heavy (non-hydrogen) atoms. The van der Waals surface area contributed by atoms with Gasteiger partial charge in [0.05, 0.1) is 12.6 Å². The van der Waals surface area contributed by atoms with Gasteiger partial charge < -0.3 is 10.4 Å². The van der Waals surface area contributed by atoms with E-state index in [2.05, 4.69) is 40.9 Å². The number of aliphatic hydroxyl groups is 1. The van der Waals surface area contributed by atoms with Crippen molar-refractivity contribution in [3.05, 3.63) is 32.9 Å². The van der Waals surface area contributed by atoms with Gasteiger partial charge in [0.25, 0.3) is 0 Å². The van der Waals surface area contributed by atoms with Crippen molar-refractivity contribution in [1.29, 1.82) is 0 Å². The zero-order valence-corrected chi connectivity index (χ0v) is 10.00. The second kappa shape index (κ2) is 4.93. The SMILES string of the molecule is CN[C@@H](CO)c1cccc(C)c1I. The molecule has 0 amide bonds. The van der Waals surface area contributed by atoms with Crippen LogP contribution in [0.4, 0.5) is 0 Å². The number of aliphatic hydroxyl groups excluding tert-OH is 1. The van der Waals surface area contributed by atoms with Crippen molar-refractivity contribution in [2.45, 2.75) is 13.0 Å². The third kappa shape index (κ3) is 2.42. The number of hydrogen-bond donors (Lipinski definition) is 2. The minimum absolute atomic E-state index is 0.0480. The largest absolute Gasteiger partial charge is 0.394 e. The van der Waals surface area contributed by atoms with Crippen LogP contribution in [0.1, 0.15) is 17.2 Å². The average molecular weight is 291 g/mol. The Morgan fingerprint density at radius 3 is 2.77 bits per heavy atom. The van der Waals surface area contributed by atoms with Crippen molar-refractivity contribution >= 4 is 22.6 Å². The Labute approximate surface area is 92.5 Å². The van der Waals surface area contributed by atoms with Gasteiger partial charge in [-0.1, -0.05) is 18.2 Å². The summed E-state index contributed by atoms with van der Waals surface area (Å²) in [5.41, 5.74) is 2.43. The number of aryl methyl sites for hydroxylation is 1. The second-order valence-corrected chi connectivity index (χ2v) is 4.08. The molecule has 72 valence electrons. The van der Waals surface area contributed by atoms with Gasteiger partial charge in [0.15, 0.2) is 0 Å². The van der Waals surface area contributed by atoms with Crippen LogP contribution in [0, 0.1) is 10.5 Å². The molecule has 3 heteroatoms. The van der Waals surface area contributed by atoms with Crippen LogP contribution < -0.4 is 5.32 Å². The summed E-state index contributed by atoms with van der Waals surface area (Å²) in [5, 5.41) is 12.2. The van der Waals surface area contributed by atoms with Crippen LogP contribution in [0.2, 0.25) is 0 Å². The first-order chi connectivity index (χ1) is 6.20. The lowest BCUT2D eigenvalue weighted by Crippen LogP contribution is -2.21. The Balaban J connectivity index is 3.05. The molecule has 1 rings (SSSR count). The van der Waals surface area contributed by atoms with Gasteiger partial charge in [0.1, 0.15) is 0 Å². The lowest BCUT2D eigenvalue weighted by molar-refractivity contribution is 0.250. The van der Waals surface area contributed by atoms with E-state index in [4.69, 9.17) is 5.11 Å². The number of hydrogen-bond acceptors (Lipinski definition) is 2. The summed E-state index contributed by atoms with van der Waals surface area (Å²) in [4.78, 5) is 0. The first-order valence-corrected chi connectivity index (χ1v) is 5.31. The molecule has 0 radical (unpaired) electrons. The smallest absolute Gasteiger partial charge is 0.0626 e. The van der Waals surface area contributed by atoms with Crippen LogP contribution in [-0.4, -0.2) is 18.8 Å². The van der Waals surface area contributed by atoms with E-state index in [1.807, 2.05) is 19.2 Å². The quantitative estimate of drug-likeness (QED) is 0.833. The van der Waals surface area contributed by atoms with Crippen molar-refractivity contribution in [3.63, 3.8) is 0 Å². The van der Waals surface area contributed by atoms with Crippen molar-refractivity contribution in [3.8, 4) is 0 Å². The van der Waals surface area contributed by atoms with Gasteiger partial charge in [-0.2, -0.15) is 0 Å². The third-order valence-corrected chi connectivity index (χ3v) is 3.60. The van der Waals surface area contributed by atoms with Gasteiger partial charge in [0.2, 0.25) is 0 Å². The molecule has 0 unspecified atom stereocenters. The van der Waals surface area contributed by atoms with Crippen LogP contribution in [0.15, 0.2) is 18.2 Å². The monoisotopic (exact) mass is 291 g/mol. The summed E-state index contributed by atoms with van der Waals surface area (Å²) < 4.78 is 1.23. The fourth-order valence-electron chi connectivity index (χ4n) is 1.28. The zero-order valence-electron chi connectivity index (χ0n) is 7.84. The van der Waals surface area contributed by atoms with E-state index in [0.717, 1.165) is 0 Å². The average Bonchev–Trinajstić information content (AvgIpc) is 2.14. The normalized spacial score (nSPS) is 12.9. The molecule has 2 nitrogen and oxygen atoms in total. The molecule has 0 spiro atoms. The summed E-state index contributed by atoms with van der Waals surface area (Å²) in [6.07, 6.45) is 0. The Morgan fingerprint density at radius 2 is 2.23 bits per heavy atom. The molecule has 1 atom stereocenters. The predicted octanol–water partition coefficient (Wildman–Crippen LogP) is 1.85. The maximum Gasteiger partial charge on any atom is 0.0626 e. The minimum atomic E-state index is 0.0480. The summed E-state index contributed by atoms with van der Waals surface area (Å²) in [7, 11) is 1.86. The molecule has 0 saturated carbocycles. The molecule has 0 bridgehead atoms.